The number of nitrogens with zero attached hydrogens (tertiary/aromatic N) is 2. The van der Waals surface area contributed by atoms with Gasteiger partial charge in [-0.2, -0.15) is 5.10 Å². The lowest BCUT2D eigenvalue weighted by molar-refractivity contribution is 0.0472. The fourth-order valence-corrected chi connectivity index (χ4v) is 2.82. The summed E-state index contributed by atoms with van der Waals surface area (Å²) in [6, 6.07) is 12.9. The van der Waals surface area contributed by atoms with Gasteiger partial charge in [0.25, 0.3) is 0 Å². The highest BCUT2D eigenvalue weighted by atomic mass is 35.5. The molecule has 1 heterocycles. The number of methoxy groups -OCH3 is 1. The maximum absolute atomic E-state index is 13.1. The average molecular weight is 375 g/mol. The summed E-state index contributed by atoms with van der Waals surface area (Å²) >= 11 is 6.31. The summed E-state index contributed by atoms with van der Waals surface area (Å²) in [7, 11) is 1.57. The van der Waals surface area contributed by atoms with Crippen LogP contribution in [0.3, 0.4) is 0 Å². The third kappa shape index (κ3) is 3.70. The van der Waals surface area contributed by atoms with E-state index in [-0.39, 0.29) is 23.1 Å². The number of carbonyl (C=O) groups is 1. The molecule has 5 nitrogen and oxygen atoms in total. The molecule has 0 saturated heterocycles. The van der Waals surface area contributed by atoms with E-state index in [1.54, 1.807) is 26.2 Å². The maximum atomic E-state index is 13.1. The summed E-state index contributed by atoms with van der Waals surface area (Å²) < 4.78 is 25.0. The number of aromatic nitrogens is 2. The molecule has 7 heteroatoms. The zero-order valence-electron chi connectivity index (χ0n) is 14.2. The van der Waals surface area contributed by atoms with Crippen LogP contribution in [-0.2, 0) is 11.3 Å². The van der Waals surface area contributed by atoms with Crippen molar-refractivity contribution in [2.24, 2.45) is 0 Å². The predicted molar refractivity (Wildman–Crippen MR) is 95.4 cm³/mol. The molecule has 0 amide bonds. The number of benzene rings is 2. The van der Waals surface area contributed by atoms with Gasteiger partial charge in [-0.05, 0) is 48.9 Å². The van der Waals surface area contributed by atoms with Gasteiger partial charge >= 0.3 is 5.97 Å². The molecule has 0 atom stereocenters. The zero-order valence-corrected chi connectivity index (χ0v) is 15.0. The number of carbonyl (C=O) groups excluding carboxylic acids is 1. The molecule has 0 aliphatic heterocycles. The Morgan fingerprint density at radius 3 is 2.65 bits per heavy atom. The SMILES string of the molecule is COc1cccc(COC(=O)c2c(C)nn(-c3ccc(F)cc3)c2Cl)c1. The fraction of sp³-hybridized carbons (Fsp3) is 0.158. The van der Waals surface area contributed by atoms with Crippen LogP contribution in [0.1, 0.15) is 21.6 Å². The van der Waals surface area contributed by atoms with Crippen molar-refractivity contribution in [3.8, 4) is 11.4 Å². The van der Waals surface area contributed by atoms with Gasteiger partial charge in [0.1, 0.15) is 28.9 Å². The van der Waals surface area contributed by atoms with E-state index in [0.717, 1.165) is 5.56 Å². The molecule has 3 aromatic rings. The molecular weight excluding hydrogens is 359 g/mol. The van der Waals surface area contributed by atoms with Crippen LogP contribution in [-0.4, -0.2) is 22.9 Å². The Hall–Kier alpha value is -2.86. The Labute approximate surface area is 154 Å². The second kappa shape index (κ2) is 7.58. The predicted octanol–water partition coefficient (Wildman–Crippen LogP) is 4.34. The van der Waals surface area contributed by atoms with Crippen LogP contribution in [0.4, 0.5) is 4.39 Å². The van der Waals surface area contributed by atoms with E-state index < -0.39 is 5.97 Å². The summed E-state index contributed by atoms with van der Waals surface area (Å²) in [5.74, 6) is -0.271. The summed E-state index contributed by atoms with van der Waals surface area (Å²) in [4.78, 5) is 12.5. The Morgan fingerprint density at radius 2 is 1.96 bits per heavy atom. The van der Waals surface area contributed by atoms with Crippen molar-refractivity contribution in [3.63, 3.8) is 0 Å². The molecule has 2 aromatic carbocycles. The lowest BCUT2D eigenvalue weighted by atomic mass is 10.2. The van der Waals surface area contributed by atoms with Crippen LogP contribution in [0.2, 0.25) is 5.15 Å². The Kier molecular flexibility index (Phi) is 5.23. The molecule has 134 valence electrons. The van der Waals surface area contributed by atoms with Crippen molar-refractivity contribution in [2.75, 3.05) is 7.11 Å². The Balaban J connectivity index is 1.80. The molecule has 0 N–H and O–H groups in total. The van der Waals surface area contributed by atoms with Gasteiger partial charge < -0.3 is 9.47 Å². The monoisotopic (exact) mass is 374 g/mol. The summed E-state index contributed by atoms with van der Waals surface area (Å²) in [5.41, 5.74) is 1.94. The first-order chi connectivity index (χ1) is 12.5. The molecule has 0 bridgehead atoms. The molecule has 0 fully saturated rings. The van der Waals surface area contributed by atoms with Crippen molar-refractivity contribution in [1.29, 1.82) is 0 Å². The van der Waals surface area contributed by atoms with E-state index in [2.05, 4.69) is 5.10 Å². The maximum Gasteiger partial charge on any atom is 0.343 e. The van der Waals surface area contributed by atoms with Crippen LogP contribution < -0.4 is 4.74 Å². The first kappa shape index (κ1) is 17.9. The van der Waals surface area contributed by atoms with E-state index >= 15 is 0 Å². The third-order valence-electron chi connectivity index (χ3n) is 3.78. The van der Waals surface area contributed by atoms with Gasteiger partial charge in [0.15, 0.2) is 0 Å². The van der Waals surface area contributed by atoms with Crippen molar-refractivity contribution < 1.29 is 18.7 Å². The number of rotatable bonds is 5. The van der Waals surface area contributed by atoms with Gasteiger partial charge in [-0.1, -0.05) is 23.7 Å². The van der Waals surface area contributed by atoms with Crippen molar-refractivity contribution in [2.45, 2.75) is 13.5 Å². The minimum absolute atomic E-state index is 0.0769. The van der Waals surface area contributed by atoms with Crippen molar-refractivity contribution in [3.05, 3.63) is 76.3 Å². The molecule has 0 aliphatic rings. The number of aryl methyl sites for hydroxylation is 1. The van der Waals surface area contributed by atoms with Gasteiger partial charge in [0.2, 0.25) is 0 Å². The topological polar surface area (TPSA) is 53.4 Å². The zero-order chi connectivity index (χ0) is 18.7. The van der Waals surface area contributed by atoms with Gasteiger partial charge in [-0.15, -0.1) is 0 Å². The standard InChI is InChI=1S/C19H16ClFN2O3/c1-12-17(18(20)23(22-12)15-8-6-14(21)7-9-15)19(24)26-11-13-4-3-5-16(10-13)25-2/h3-10H,11H2,1-2H3. The third-order valence-corrected chi connectivity index (χ3v) is 4.13. The fourth-order valence-electron chi connectivity index (χ4n) is 2.47. The molecule has 0 saturated carbocycles. The summed E-state index contributed by atoms with van der Waals surface area (Å²) in [5, 5.41) is 4.37. The van der Waals surface area contributed by atoms with Crippen molar-refractivity contribution in [1.82, 2.24) is 9.78 Å². The van der Waals surface area contributed by atoms with Crippen LogP contribution in [0.5, 0.6) is 5.75 Å². The minimum atomic E-state index is -0.580. The van der Waals surface area contributed by atoms with E-state index in [1.807, 2.05) is 12.1 Å². The van der Waals surface area contributed by atoms with E-state index in [9.17, 15) is 9.18 Å². The van der Waals surface area contributed by atoms with Crippen LogP contribution in [0, 0.1) is 12.7 Å². The van der Waals surface area contributed by atoms with E-state index in [1.165, 1.54) is 28.9 Å². The normalized spacial score (nSPS) is 10.6. The highest BCUT2D eigenvalue weighted by Crippen LogP contribution is 2.25. The molecule has 0 aliphatic carbocycles. The first-order valence-electron chi connectivity index (χ1n) is 7.80. The summed E-state index contributed by atoms with van der Waals surface area (Å²) in [6.07, 6.45) is 0. The number of hydrogen-bond donors (Lipinski definition) is 0. The molecule has 26 heavy (non-hydrogen) atoms. The largest absolute Gasteiger partial charge is 0.497 e. The van der Waals surface area contributed by atoms with E-state index in [4.69, 9.17) is 21.1 Å². The second-order valence-electron chi connectivity index (χ2n) is 5.57. The second-order valence-corrected chi connectivity index (χ2v) is 5.93. The molecular formula is C19H16ClFN2O3. The highest BCUT2D eigenvalue weighted by Gasteiger charge is 2.22. The Morgan fingerprint density at radius 1 is 1.23 bits per heavy atom. The van der Waals surface area contributed by atoms with Gasteiger partial charge in [-0.3, -0.25) is 0 Å². The first-order valence-corrected chi connectivity index (χ1v) is 8.18. The Bertz CT molecular complexity index is 938. The quantitative estimate of drug-likeness (QED) is 0.623. The smallest absolute Gasteiger partial charge is 0.343 e. The number of halogens is 2. The van der Waals surface area contributed by atoms with Gasteiger partial charge in [-0.25, -0.2) is 13.9 Å². The number of ether oxygens (including phenoxy) is 2. The molecule has 0 unspecified atom stereocenters. The minimum Gasteiger partial charge on any atom is -0.497 e. The highest BCUT2D eigenvalue weighted by molar-refractivity contribution is 6.33. The summed E-state index contributed by atoms with van der Waals surface area (Å²) in [6.45, 7) is 1.74. The lowest BCUT2D eigenvalue weighted by Crippen LogP contribution is -2.07. The number of esters is 1. The lowest BCUT2D eigenvalue weighted by Gasteiger charge is -2.07. The molecule has 1 aromatic heterocycles. The number of hydrogen-bond acceptors (Lipinski definition) is 4. The van der Waals surface area contributed by atoms with Crippen molar-refractivity contribution >= 4 is 17.6 Å². The van der Waals surface area contributed by atoms with Gasteiger partial charge in [0, 0.05) is 0 Å². The van der Waals surface area contributed by atoms with Gasteiger partial charge in [0.05, 0.1) is 18.5 Å². The van der Waals surface area contributed by atoms with Crippen LogP contribution >= 0.6 is 11.6 Å². The van der Waals surface area contributed by atoms with Crippen LogP contribution in [0.15, 0.2) is 48.5 Å². The average Bonchev–Trinajstić information content (AvgIpc) is 2.95. The van der Waals surface area contributed by atoms with Crippen LogP contribution in [0.25, 0.3) is 5.69 Å². The molecule has 0 spiro atoms. The molecule has 3 rings (SSSR count). The molecule has 0 radical (unpaired) electrons. The van der Waals surface area contributed by atoms with E-state index in [0.29, 0.717) is 17.1 Å².